The number of nitrogens with zero attached hydrogens (tertiary/aromatic N) is 5. The predicted octanol–water partition coefficient (Wildman–Crippen LogP) is 0.801. The second kappa shape index (κ2) is 4.31. The molecule has 8 heteroatoms. The first-order valence-corrected chi connectivity index (χ1v) is 6.72. The number of halogens is 1. The molecule has 0 spiro atoms. The summed E-state index contributed by atoms with van der Waals surface area (Å²) in [5, 5.41) is 7.45. The molecule has 0 bridgehead atoms. The molecule has 2 aromatic rings. The first kappa shape index (κ1) is 13.1. The summed E-state index contributed by atoms with van der Waals surface area (Å²) in [6.07, 6.45) is 1.43. The van der Waals surface area contributed by atoms with Crippen molar-refractivity contribution >= 4 is 29.1 Å². The number of fused-ring (bicyclic) bond motifs is 1. The van der Waals surface area contributed by atoms with Crippen molar-refractivity contribution in [1.29, 1.82) is 0 Å². The van der Waals surface area contributed by atoms with E-state index in [1.807, 2.05) is 25.7 Å². The average Bonchev–Trinajstić information content (AvgIpc) is 2.83. The number of nitrogens with one attached hydrogen (secondary N) is 1. The third-order valence-corrected chi connectivity index (χ3v) is 4.05. The van der Waals surface area contributed by atoms with Crippen LogP contribution in [0.2, 0.25) is 5.15 Å². The minimum Gasteiger partial charge on any atom is -0.352 e. The summed E-state index contributed by atoms with van der Waals surface area (Å²) in [4.78, 5) is 22.4. The van der Waals surface area contributed by atoms with Crippen LogP contribution in [0.15, 0.2) is 6.33 Å². The molecule has 7 nitrogen and oxygen atoms in total. The van der Waals surface area contributed by atoms with Crippen LogP contribution in [-0.2, 0) is 4.79 Å². The van der Waals surface area contributed by atoms with Crippen LogP contribution in [0.25, 0.3) is 5.78 Å². The molecule has 106 valence electrons. The molecule has 1 saturated heterocycles. The van der Waals surface area contributed by atoms with Gasteiger partial charge < -0.3 is 10.2 Å². The summed E-state index contributed by atoms with van der Waals surface area (Å²) in [6.45, 7) is 6.87. The van der Waals surface area contributed by atoms with E-state index in [2.05, 4.69) is 20.4 Å². The minimum atomic E-state index is -0.688. The molecule has 1 aliphatic rings. The molecular formula is C12H15ClN6O. The number of anilines is 1. The van der Waals surface area contributed by atoms with Gasteiger partial charge in [0, 0.05) is 18.7 Å². The van der Waals surface area contributed by atoms with E-state index in [-0.39, 0.29) is 5.91 Å². The smallest absolute Gasteiger partial charge is 0.255 e. The van der Waals surface area contributed by atoms with Gasteiger partial charge in [-0.1, -0.05) is 11.6 Å². The Morgan fingerprint density at radius 3 is 2.95 bits per heavy atom. The van der Waals surface area contributed by atoms with E-state index >= 15 is 0 Å². The first-order chi connectivity index (χ1) is 9.43. The standard InChI is InChI=1S/C12H15ClN6O/c1-7-8(13)17-11-15-6-16-19(11)9(7)18-5-4-14-10(20)12(18,2)3/h6H,4-5H2,1-3H3,(H,14,20). The first-order valence-electron chi connectivity index (χ1n) is 6.34. The summed E-state index contributed by atoms with van der Waals surface area (Å²) in [5.74, 6) is 1.17. The molecule has 3 heterocycles. The van der Waals surface area contributed by atoms with E-state index in [0.717, 1.165) is 11.4 Å². The van der Waals surface area contributed by atoms with E-state index in [4.69, 9.17) is 11.6 Å². The molecule has 0 radical (unpaired) electrons. The maximum Gasteiger partial charge on any atom is 0.255 e. The maximum absolute atomic E-state index is 12.1. The number of hydrogen-bond donors (Lipinski definition) is 1. The molecule has 1 aliphatic heterocycles. The Kier molecular flexibility index (Phi) is 2.82. The van der Waals surface area contributed by atoms with Crippen molar-refractivity contribution in [2.24, 2.45) is 0 Å². The summed E-state index contributed by atoms with van der Waals surface area (Å²) in [7, 11) is 0. The van der Waals surface area contributed by atoms with E-state index in [0.29, 0.717) is 24.0 Å². The fourth-order valence-corrected chi connectivity index (χ4v) is 2.63. The van der Waals surface area contributed by atoms with E-state index in [1.54, 1.807) is 4.52 Å². The Hall–Kier alpha value is -1.89. The molecule has 20 heavy (non-hydrogen) atoms. The fraction of sp³-hybridized carbons (Fsp3) is 0.500. The van der Waals surface area contributed by atoms with Crippen LogP contribution in [-0.4, -0.2) is 44.1 Å². The van der Waals surface area contributed by atoms with Gasteiger partial charge in [0.25, 0.3) is 5.78 Å². The molecule has 1 fully saturated rings. The Morgan fingerprint density at radius 1 is 1.45 bits per heavy atom. The SMILES string of the molecule is Cc1c(Cl)nc2ncnn2c1N1CCNC(=O)C1(C)C. The number of aromatic nitrogens is 4. The monoisotopic (exact) mass is 294 g/mol. The highest BCUT2D eigenvalue weighted by Gasteiger charge is 2.40. The Morgan fingerprint density at radius 2 is 2.20 bits per heavy atom. The second-order valence-electron chi connectivity index (χ2n) is 5.29. The maximum atomic E-state index is 12.1. The highest BCUT2D eigenvalue weighted by molar-refractivity contribution is 6.30. The number of carbonyl (C=O) groups excluding carboxylic acids is 1. The molecule has 3 rings (SSSR count). The van der Waals surface area contributed by atoms with Gasteiger partial charge in [-0.3, -0.25) is 4.79 Å². The van der Waals surface area contributed by atoms with Crippen LogP contribution in [0.5, 0.6) is 0 Å². The number of carbonyl (C=O) groups is 1. The molecule has 2 aromatic heterocycles. The molecule has 0 aliphatic carbocycles. The lowest BCUT2D eigenvalue weighted by Gasteiger charge is -2.43. The lowest BCUT2D eigenvalue weighted by atomic mass is 9.98. The third-order valence-electron chi connectivity index (χ3n) is 3.68. The molecule has 1 amide bonds. The molecule has 0 saturated carbocycles. The van der Waals surface area contributed by atoms with Crippen molar-refractivity contribution < 1.29 is 4.79 Å². The van der Waals surface area contributed by atoms with Gasteiger partial charge in [0.05, 0.1) is 0 Å². The summed E-state index contributed by atoms with van der Waals surface area (Å²) in [5.41, 5.74) is 0.0967. The summed E-state index contributed by atoms with van der Waals surface area (Å²) < 4.78 is 1.63. The van der Waals surface area contributed by atoms with Gasteiger partial charge >= 0.3 is 0 Å². The number of rotatable bonds is 1. The lowest BCUT2D eigenvalue weighted by molar-refractivity contribution is -0.126. The Bertz CT molecular complexity index is 695. The van der Waals surface area contributed by atoms with Crippen LogP contribution < -0.4 is 10.2 Å². The van der Waals surface area contributed by atoms with Gasteiger partial charge in [-0.25, -0.2) is 0 Å². The van der Waals surface area contributed by atoms with Crippen LogP contribution in [0.1, 0.15) is 19.4 Å². The minimum absolute atomic E-state index is 0.0237. The second-order valence-corrected chi connectivity index (χ2v) is 5.65. The zero-order valence-corrected chi connectivity index (χ0v) is 12.3. The van der Waals surface area contributed by atoms with E-state index in [9.17, 15) is 4.79 Å². The van der Waals surface area contributed by atoms with Crippen LogP contribution in [0.4, 0.5) is 5.82 Å². The third kappa shape index (κ3) is 1.73. The average molecular weight is 295 g/mol. The number of hydrogen-bond acceptors (Lipinski definition) is 5. The predicted molar refractivity (Wildman–Crippen MR) is 75.0 cm³/mol. The number of piperazine rings is 1. The van der Waals surface area contributed by atoms with Gasteiger partial charge in [0.2, 0.25) is 5.91 Å². The molecule has 0 unspecified atom stereocenters. The van der Waals surface area contributed by atoms with E-state index < -0.39 is 5.54 Å². The quantitative estimate of drug-likeness (QED) is 0.788. The van der Waals surface area contributed by atoms with Crippen molar-refractivity contribution in [2.75, 3.05) is 18.0 Å². The van der Waals surface area contributed by atoms with Gasteiger partial charge in [-0.05, 0) is 20.8 Å². The highest BCUT2D eigenvalue weighted by atomic mass is 35.5. The topological polar surface area (TPSA) is 75.4 Å². The van der Waals surface area contributed by atoms with Gasteiger partial charge in [-0.2, -0.15) is 19.6 Å². The molecule has 0 atom stereocenters. The van der Waals surface area contributed by atoms with Crippen LogP contribution in [0.3, 0.4) is 0 Å². The fourth-order valence-electron chi connectivity index (χ4n) is 2.47. The summed E-state index contributed by atoms with van der Waals surface area (Å²) >= 11 is 6.18. The zero-order chi connectivity index (χ0) is 14.5. The van der Waals surface area contributed by atoms with Crippen molar-refractivity contribution in [1.82, 2.24) is 24.9 Å². The molecule has 0 aromatic carbocycles. The van der Waals surface area contributed by atoms with Gasteiger partial charge in [0.15, 0.2) is 0 Å². The Balaban J connectivity index is 2.25. The van der Waals surface area contributed by atoms with Crippen molar-refractivity contribution in [3.8, 4) is 0 Å². The summed E-state index contributed by atoms with van der Waals surface area (Å²) in [6, 6.07) is 0. The van der Waals surface area contributed by atoms with Crippen molar-refractivity contribution in [3.63, 3.8) is 0 Å². The number of amides is 1. The zero-order valence-electron chi connectivity index (χ0n) is 11.5. The largest absolute Gasteiger partial charge is 0.352 e. The Labute approximate surface area is 121 Å². The van der Waals surface area contributed by atoms with Gasteiger partial charge in [-0.15, -0.1) is 0 Å². The van der Waals surface area contributed by atoms with Crippen molar-refractivity contribution in [2.45, 2.75) is 26.3 Å². The lowest BCUT2D eigenvalue weighted by Crippen LogP contribution is -2.62. The van der Waals surface area contributed by atoms with Gasteiger partial charge in [0.1, 0.15) is 22.8 Å². The van der Waals surface area contributed by atoms with Crippen LogP contribution in [0, 0.1) is 6.92 Å². The van der Waals surface area contributed by atoms with E-state index in [1.165, 1.54) is 6.33 Å². The normalized spacial score (nSPS) is 18.4. The van der Waals surface area contributed by atoms with Crippen molar-refractivity contribution in [3.05, 3.63) is 17.0 Å². The molecular weight excluding hydrogens is 280 g/mol. The highest BCUT2D eigenvalue weighted by Crippen LogP contribution is 2.31. The molecule has 1 N–H and O–H groups in total. The van der Waals surface area contributed by atoms with Crippen LogP contribution >= 0.6 is 11.6 Å².